The first-order valence-electron chi connectivity index (χ1n) is 6.28. The van der Waals surface area contributed by atoms with Gasteiger partial charge in [-0.3, -0.25) is 4.98 Å². The van der Waals surface area contributed by atoms with Crippen molar-refractivity contribution in [3.05, 3.63) is 24.0 Å². The Bertz CT molecular complexity index is 561. The molecule has 20 heavy (non-hydrogen) atoms. The molecule has 6 nitrogen and oxygen atoms in total. The van der Waals surface area contributed by atoms with E-state index in [2.05, 4.69) is 16.2 Å². The van der Waals surface area contributed by atoms with Crippen molar-refractivity contribution in [1.29, 1.82) is 0 Å². The van der Waals surface area contributed by atoms with E-state index < -0.39 is 5.97 Å². The molecule has 1 fully saturated rings. The minimum Gasteiger partial charge on any atom is -0.478 e. The lowest BCUT2D eigenvalue weighted by molar-refractivity contribution is 0.0696. The van der Waals surface area contributed by atoms with Gasteiger partial charge in [-0.15, -0.1) is 6.42 Å². The molecule has 0 atom stereocenters. The van der Waals surface area contributed by atoms with Crippen LogP contribution in [0.2, 0.25) is 0 Å². The van der Waals surface area contributed by atoms with Gasteiger partial charge in [0.05, 0.1) is 24.0 Å². The molecule has 1 heterocycles. The van der Waals surface area contributed by atoms with Crippen LogP contribution in [0.1, 0.15) is 23.2 Å². The first kappa shape index (κ1) is 13.9. The monoisotopic (exact) mass is 273 g/mol. The van der Waals surface area contributed by atoms with Gasteiger partial charge in [-0.05, 0) is 24.8 Å². The minimum atomic E-state index is -1.09. The fourth-order valence-electron chi connectivity index (χ4n) is 1.77. The number of aromatic carboxylic acids is 1. The Labute approximate surface area is 116 Å². The normalized spacial score (nSPS) is 13.3. The van der Waals surface area contributed by atoms with Gasteiger partial charge in [0.15, 0.2) is 0 Å². The van der Waals surface area contributed by atoms with Crippen LogP contribution < -0.4 is 5.32 Å². The van der Waals surface area contributed by atoms with E-state index in [0.717, 1.165) is 12.8 Å². The van der Waals surface area contributed by atoms with E-state index in [4.69, 9.17) is 11.5 Å². The molecule has 2 amide bonds. The molecule has 2 N–H and O–H groups in total. The number of carboxylic acid groups (broad SMARTS) is 1. The minimum absolute atomic E-state index is 0.0218. The van der Waals surface area contributed by atoms with Crippen LogP contribution in [0.4, 0.5) is 10.5 Å². The van der Waals surface area contributed by atoms with Gasteiger partial charge in [0, 0.05) is 12.7 Å². The zero-order valence-corrected chi connectivity index (χ0v) is 10.9. The number of carbonyl (C=O) groups is 2. The molecule has 0 spiro atoms. The Morgan fingerprint density at radius 2 is 2.25 bits per heavy atom. The van der Waals surface area contributed by atoms with Crippen molar-refractivity contribution >= 4 is 17.7 Å². The van der Waals surface area contributed by atoms with E-state index in [-0.39, 0.29) is 18.1 Å². The second kappa shape index (κ2) is 6.06. The average molecular weight is 273 g/mol. The third-order valence-electron chi connectivity index (χ3n) is 2.98. The number of anilines is 1. The van der Waals surface area contributed by atoms with Crippen molar-refractivity contribution in [2.45, 2.75) is 12.8 Å². The Morgan fingerprint density at radius 3 is 2.85 bits per heavy atom. The average Bonchev–Trinajstić information content (AvgIpc) is 3.22. The number of amides is 2. The van der Waals surface area contributed by atoms with E-state index in [1.54, 1.807) is 4.90 Å². The van der Waals surface area contributed by atoms with Crippen LogP contribution in [0.3, 0.4) is 0 Å². The number of carboxylic acids is 1. The molecule has 1 aromatic heterocycles. The Hall–Kier alpha value is -2.55. The number of aromatic nitrogens is 1. The highest BCUT2D eigenvalue weighted by Crippen LogP contribution is 2.29. The van der Waals surface area contributed by atoms with Crippen molar-refractivity contribution < 1.29 is 14.7 Å². The van der Waals surface area contributed by atoms with Crippen LogP contribution in [0.25, 0.3) is 0 Å². The SMILES string of the molecule is C#CCN(CC1CC1)C(=O)Nc1cncc(C(=O)O)c1. The van der Waals surface area contributed by atoms with Crippen LogP contribution in [-0.4, -0.2) is 40.1 Å². The number of terminal acetylenes is 1. The Morgan fingerprint density at radius 1 is 1.50 bits per heavy atom. The van der Waals surface area contributed by atoms with Gasteiger partial charge in [-0.1, -0.05) is 5.92 Å². The van der Waals surface area contributed by atoms with E-state index in [1.165, 1.54) is 18.5 Å². The first-order chi connectivity index (χ1) is 9.60. The molecule has 1 aliphatic rings. The summed E-state index contributed by atoms with van der Waals surface area (Å²) in [5.41, 5.74) is 0.362. The third kappa shape index (κ3) is 3.72. The predicted molar refractivity (Wildman–Crippen MR) is 73.3 cm³/mol. The summed E-state index contributed by atoms with van der Waals surface area (Å²) in [7, 11) is 0. The van der Waals surface area contributed by atoms with E-state index in [0.29, 0.717) is 18.2 Å². The predicted octanol–water partition coefficient (Wildman–Crippen LogP) is 1.66. The number of nitrogens with zero attached hydrogens (tertiary/aromatic N) is 2. The molecular formula is C14H15N3O3. The van der Waals surface area contributed by atoms with Crippen molar-refractivity contribution in [1.82, 2.24) is 9.88 Å². The maximum absolute atomic E-state index is 12.1. The van der Waals surface area contributed by atoms with Gasteiger partial charge >= 0.3 is 12.0 Å². The van der Waals surface area contributed by atoms with Crippen LogP contribution in [0.15, 0.2) is 18.5 Å². The molecule has 2 rings (SSSR count). The number of urea groups is 1. The first-order valence-corrected chi connectivity index (χ1v) is 6.28. The lowest BCUT2D eigenvalue weighted by Crippen LogP contribution is -2.36. The molecule has 0 aromatic carbocycles. The standard InChI is InChI=1S/C14H15N3O3/c1-2-5-17(9-10-3-4-10)14(20)16-12-6-11(13(18)19)7-15-8-12/h1,6-8,10H,3-5,9H2,(H,16,20)(H,18,19). The third-order valence-corrected chi connectivity index (χ3v) is 2.98. The number of nitrogens with one attached hydrogen (secondary N) is 1. The molecular weight excluding hydrogens is 258 g/mol. The Balaban J connectivity index is 2.03. The van der Waals surface area contributed by atoms with Crippen LogP contribution in [0, 0.1) is 18.3 Å². The van der Waals surface area contributed by atoms with Crippen molar-refractivity contribution in [2.24, 2.45) is 5.92 Å². The molecule has 0 saturated heterocycles. The lowest BCUT2D eigenvalue weighted by Gasteiger charge is -2.20. The molecule has 0 unspecified atom stereocenters. The largest absolute Gasteiger partial charge is 0.478 e. The highest BCUT2D eigenvalue weighted by atomic mass is 16.4. The quantitative estimate of drug-likeness (QED) is 0.799. The van der Waals surface area contributed by atoms with E-state index in [9.17, 15) is 9.59 Å². The van der Waals surface area contributed by atoms with Gasteiger partial charge in [-0.2, -0.15) is 0 Å². The summed E-state index contributed by atoms with van der Waals surface area (Å²) < 4.78 is 0. The summed E-state index contributed by atoms with van der Waals surface area (Å²) in [4.78, 5) is 28.3. The molecule has 6 heteroatoms. The fourth-order valence-corrected chi connectivity index (χ4v) is 1.77. The molecule has 0 bridgehead atoms. The molecule has 104 valence electrons. The fraction of sp³-hybridized carbons (Fsp3) is 0.357. The molecule has 1 aromatic rings. The van der Waals surface area contributed by atoms with Gasteiger partial charge in [-0.25, -0.2) is 9.59 Å². The highest BCUT2D eigenvalue weighted by Gasteiger charge is 2.26. The summed E-state index contributed by atoms with van der Waals surface area (Å²) in [5, 5.41) is 11.5. The van der Waals surface area contributed by atoms with Gasteiger partial charge in [0.2, 0.25) is 0 Å². The molecule has 1 saturated carbocycles. The molecule has 0 aliphatic heterocycles. The highest BCUT2D eigenvalue weighted by molar-refractivity contribution is 5.92. The summed E-state index contributed by atoms with van der Waals surface area (Å²) in [6, 6.07) is 1.03. The van der Waals surface area contributed by atoms with Crippen LogP contribution >= 0.6 is 0 Å². The number of hydrogen-bond acceptors (Lipinski definition) is 3. The number of hydrogen-bond donors (Lipinski definition) is 2. The topological polar surface area (TPSA) is 82.5 Å². The van der Waals surface area contributed by atoms with Crippen molar-refractivity contribution in [3.63, 3.8) is 0 Å². The zero-order chi connectivity index (χ0) is 14.5. The molecule has 0 radical (unpaired) electrons. The smallest absolute Gasteiger partial charge is 0.337 e. The van der Waals surface area contributed by atoms with Gasteiger partial charge in [0.25, 0.3) is 0 Å². The van der Waals surface area contributed by atoms with E-state index >= 15 is 0 Å². The van der Waals surface area contributed by atoms with Crippen LogP contribution in [-0.2, 0) is 0 Å². The summed E-state index contributed by atoms with van der Waals surface area (Å²) in [6.45, 7) is 0.858. The van der Waals surface area contributed by atoms with E-state index in [1.807, 2.05) is 0 Å². The number of rotatable bonds is 5. The number of carbonyl (C=O) groups excluding carboxylic acids is 1. The number of pyridine rings is 1. The zero-order valence-electron chi connectivity index (χ0n) is 10.9. The maximum atomic E-state index is 12.1. The lowest BCUT2D eigenvalue weighted by atomic mass is 10.2. The summed E-state index contributed by atoms with van der Waals surface area (Å²) in [6.07, 6.45) is 10.1. The summed E-state index contributed by atoms with van der Waals surface area (Å²) >= 11 is 0. The maximum Gasteiger partial charge on any atom is 0.337 e. The Kier molecular flexibility index (Phi) is 4.20. The second-order valence-corrected chi connectivity index (χ2v) is 4.73. The molecule has 1 aliphatic carbocycles. The van der Waals surface area contributed by atoms with Gasteiger partial charge in [0.1, 0.15) is 0 Å². The van der Waals surface area contributed by atoms with Crippen molar-refractivity contribution in [3.8, 4) is 12.3 Å². The van der Waals surface area contributed by atoms with Gasteiger partial charge < -0.3 is 15.3 Å². The second-order valence-electron chi connectivity index (χ2n) is 4.73. The van der Waals surface area contributed by atoms with Crippen LogP contribution in [0.5, 0.6) is 0 Å². The van der Waals surface area contributed by atoms with Crippen molar-refractivity contribution in [2.75, 3.05) is 18.4 Å². The summed E-state index contributed by atoms with van der Waals surface area (Å²) in [5.74, 6) is 1.89.